The van der Waals surface area contributed by atoms with Crippen molar-refractivity contribution in [1.29, 1.82) is 0 Å². The Balaban J connectivity index is 2.77. The molecule has 1 aliphatic rings. The molecule has 1 rings (SSSR count). The quantitative estimate of drug-likeness (QED) is 0.609. The molecular formula is C9H14S2. The van der Waals surface area contributed by atoms with Gasteiger partial charge >= 0.3 is 0 Å². The lowest BCUT2D eigenvalue weighted by Gasteiger charge is -2.32. The van der Waals surface area contributed by atoms with E-state index in [2.05, 4.69) is 56.5 Å². The van der Waals surface area contributed by atoms with Crippen LogP contribution in [0.2, 0.25) is 0 Å². The zero-order valence-electron chi connectivity index (χ0n) is 6.70. The van der Waals surface area contributed by atoms with E-state index in [-0.39, 0.29) is 5.41 Å². The van der Waals surface area contributed by atoms with Gasteiger partial charge < -0.3 is 0 Å². The van der Waals surface area contributed by atoms with Crippen LogP contribution in [0.3, 0.4) is 0 Å². The Labute approximate surface area is 79.6 Å². The maximum absolute atomic E-state index is 4.34. The van der Waals surface area contributed by atoms with Crippen molar-refractivity contribution in [3.05, 3.63) is 24.3 Å². The monoisotopic (exact) mass is 186 g/mol. The second kappa shape index (κ2) is 3.72. The summed E-state index contributed by atoms with van der Waals surface area (Å²) in [4.78, 5) is 0. The maximum Gasteiger partial charge on any atom is 0.00153 e. The Morgan fingerprint density at radius 2 is 2.09 bits per heavy atom. The standard InChI is InChI=1S/C9H14S2/c1-9(7-11)5-3-2-4-8(9)6-10/h2-5,8,10-11H,6-7H2,1H3. The van der Waals surface area contributed by atoms with Crippen LogP contribution in [-0.2, 0) is 0 Å². The average Bonchev–Trinajstić information content (AvgIpc) is 2.05. The van der Waals surface area contributed by atoms with Gasteiger partial charge in [-0.1, -0.05) is 31.2 Å². The maximum atomic E-state index is 4.34. The highest BCUT2D eigenvalue weighted by Crippen LogP contribution is 2.34. The van der Waals surface area contributed by atoms with Crippen molar-refractivity contribution < 1.29 is 0 Å². The number of rotatable bonds is 2. The van der Waals surface area contributed by atoms with Crippen LogP contribution in [0.5, 0.6) is 0 Å². The molecule has 0 saturated carbocycles. The molecule has 2 heteroatoms. The van der Waals surface area contributed by atoms with Crippen molar-refractivity contribution in [2.45, 2.75) is 6.92 Å². The highest BCUT2D eigenvalue weighted by atomic mass is 32.1. The van der Waals surface area contributed by atoms with Gasteiger partial charge in [-0.25, -0.2) is 0 Å². The fourth-order valence-corrected chi connectivity index (χ4v) is 2.14. The average molecular weight is 186 g/mol. The van der Waals surface area contributed by atoms with E-state index in [4.69, 9.17) is 0 Å². The third kappa shape index (κ3) is 1.85. The van der Waals surface area contributed by atoms with Crippen molar-refractivity contribution in [2.24, 2.45) is 11.3 Å². The third-order valence-corrected chi connectivity index (χ3v) is 3.39. The van der Waals surface area contributed by atoms with Crippen LogP contribution in [-0.4, -0.2) is 11.5 Å². The molecule has 0 bridgehead atoms. The zero-order valence-corrected chi connectivity index (χ0v) is 8.48. The van der Waals surface area contributed by atoms with Crippen LogP contribution in [0, 0.1) is 11.3 Å². The number of thiol groups is 2. The molecule has 0 saturated heterocycles. The molecule has 2 atom stereocenters. The molecule has 1 aliphatic carbocycles. The minimum atomic E-state index is 0.208. The fourth-order valence-electron chi connectivity index (χ4n) is 1.26. The Bertz CT molecular complexity index is 184. The van der Waals surface area contributed by atoms with Crippen LogP contribution in [0.4, 0.5) is 0 Å². The Morgan fingerprint density at radius 3 is 2.55 bits per heavy atom. The molecule has 0 aromatic rings. The minimum Gasteiger partial charge on any atom is -0.179 e. The summed E-state index contributed by atoms with van der Waals surface area (Å²) in [5.74, 6) is 2.32. The molecule has 0 aliphatic heterocycles. The summed E-state index contributed by atoms with van der Waals surface area (Å²) in [6.07, 6.45) is 8.62. The zero-order chi connectivity index (χ0) is 8.32. The summed E-state index contributed by atoms with van der Waals surface area (Å²) >= 11 is 8.66. The Kier molecular flexibility index (Phi) is 3.14. The highest BCUT2D eigenvalue weighted by Gasteiger charge is 2.28. The molecule has 0 aromatic heterocycles. The predicted molar refractivity (Wildman–Crippen MR) is 57.6 cm³/mol. The first-order valence-electron chi connectivity index (χ1n) is 3.80. The number of allylic oxidation sites excluding steroid dienone is 4. The van der Waals surface area contributed by atoms with Gasteiger partial charge in [0, 0.05) is 5.41 Å². The van der Waals surface area contributed by atoms with E-state index < -0.39 is 0 Å². The molecule has 0 N–H and O–H groups in total. The number of hydrogen-bond donors (Lipinski definition) is 2. The first kappa shape index (κ1) is 9.27. The molecule has 11 heavy (non-hydrogen) atoms. The van der Waals surface area contributed by atoms with Crippen molar-refractivity contribution >= 4 is 25.3 Å². The van der Waals surface area contributed by atoms with E-state index in [1.807, 2.05) is 0 Å². The molecule has 0 aromatic carbocycles. The lowest BCUT2D eigenvalue weighted by molar-refractivity contribution is 0.380. The third-order valence-electron chi connectivity index (χ3n) is 2.32. The summed E-state index contributed by atoms with van der Waals surface area (Å²) < 4.78 is 0. The van der Waals surface area contributed by atoms with Crippen LogP contribution >= 0.6 is 25.3 Å². The van der Waals surface area contributed by atoms with E-state index in [1.165, 1.54) is 0 Å². The lowest BCUT2D eigenvalue weighted by Crippen LogP contribution is -2.28. The van der Waals surface area contributed by atoms with E-state index >= 15 is 0 Å². The summed E-state index contributed by atoms with van der Waals surface area (Å²) in [6.45, 7) is 2.22. The van der Waals surface area contributed by atoms with Crippen molar-refractivity contribution in [3.63, 3.8) is 0 Å². The molecule has 0 amide bonds. The Morgan fingerprint density at radius 1 is 1.36 bits per heavy atom. The second-order valence-corrected chi connectivity index (χ2v) is 3.88. The second-order valence-electron chi connectivity index (χ2n) is 3.20. The van der Waals surface area contributed by atoms with Gasteiger partial charge in [-0.3, -0.25) is 0 Å². The molecule has 0 spiro atoms. The van der Waals surface area contributed by atoms with Gasteiger partial charge in [0.05, 0.1) is 0 Å². The van der Waals surface area contributed by atoms with Gasteiger partial charge in [0.25, 0.3) is 0 Å². The van der Waals surface area contributed by atoms with Crippen LogP contribution in [0.1, 0.15) is 6.92 Å². The first-order chi connectivity index (χ1) is 5.23. The molecular weight excluding hydrogens is 172 g/mol. The van der Waals surface area contributed by atoms with Crippen LogP contribution in [0.15, 0.2) is 24.3 Å². The molecule has 0 fully saturated rings. The van der Waals surface area contributed by atoms with Crippen molar-refractivity contribution in [3.8, 4) is 0 Å². The summed E-state index contributed by atoms with van der Waals surface area (Å²) in [7, 11) is 0. The fraction of sp³-hybridized carbons (Fsp3) is 0.556. The molecule has 62 valence electrons. The molecule has 0 heterocycles. The largest absolute Gasteiger partial charge is 0.179 e. The van der Waals surface area contributed by atoms with E-state index in [0.717, 1.165) is 11.5 Å². The van der Waals surface area contributed by atoms with Crippen molar-refractivity contribution in [2.75, 3.05) is 11.5 Å². The normalized spacial score (nSPS) is 36.1. The lowest BCUT2D eigenvalue weighted by atomic mass is 9.77. The van der Waals surface area contributed by atoms with Gasteiger partial charge in [0.2, 0.25) is 0 Å². The van der Waals surface area contributed by atoms with Gasteiger partial charge in [-0.2, -0.15) is 25.3 Å². The first-order valence-corrected chi connectivity index (χ1v) is 5.07. The van der Waals surface area contributed by atoms with Gasteiger partial charge in [0.1, 0.15) is 0 Å². The summed E-state index contributed by atoms with van der Waals surface area (Å²) in [5.41, 5.74) is 0.208. The highest BCUT2D eigenvalue weighted by molar-refractivity contribution is 7.80. The topological polar surface area (TPSA) is 0 Å². The summed E-state index contributed by atoms with van der Waals surface area (Å²) in [5, 5.41) is 0. The molecule has 2 unspecified atom stereocenters. The molecule has 0 radical (unpaired) electrons. The van der Waals surface area contributed by atoms with Gasteiger partial charge in [0.15, 0.2) is 0 Å². The SMILES string of the molecule is CC1(CS)C=CC=CC1CS. The minimum absolute atomic E-state index is 0.208. The van der Waals surface area contributed by atoms with Gasteiger partial charge in [-0.15, -0.1) is 0 Å². The van der Waals surface area contributed by atoms with E-state index in [1.54, 1.807) is 0 Å². The van der Waals surface area contributed by atoms with Gasteiger partial charge in [-0.05, 0) is 17.4 Å². The van der Waals surface area contributed by atoms with Crippen LogP contribution in [0.25, 0.3) is 0 Å². The van der Waals surface area contributed by atoms with E-state index in [9.17, 15) is 0 Å². The van der Waals surface area contributed by atoms with E-state index in [0.29, 0.717) is 5.92 Å². The van der Waals surface area contributed by atoms with Crippen LogP contribution < -0.4 is 0 Å². The molecule has 0 nitrogen and oxygen atoms in total. The summed E-state index contributed by atoms with van der Waals surface area (Å²) in [6, 6.07) is 0. The number of hydrogen-bond acceptors (Lipinski definition) is 2. The van der Waals surface area contributed by atoms with Crippen molar-refractivity contribution in [1.82, 2.24) is 0 Å². The predicted octanol–water partition coefficient (Wildman–Crippen LogP) is 2.59. The smallest absolute Gasteiger partial charge is 0.00153 e. The Hall–Kier alpha value is 0.180.